The van der Waals surface area contributed by atoms with Crippen LogP contribution in [0.3, 0.4) is 0 Å². The normalized spacial score (nSPS) is 18.5. The number of hydrogen-bond acceptors (Lipinski definition) is 5. The van der Waals surface area contributed by atoms with Gasteiger partial charge in [0.1, 0.15) is 11.4 Å². The maximum atomic E-state index is 13.6. The van der Waals surface area contributed by atoms with Crippen LogP contribution < -0.4 is 4.74 Å². The fourth-order valence-electron chi connectivity index (χ4n) is 4.44. The molecule has 3 heterocycles. The second-order valence-corrected chi connectivity index (χ2v) is 10.1. The van der Waals surface area contributed by atoms with Crippen molar-refractivity contribution in [2.75, 3.05) is 13.7 Å². The molecule has 9 nitrogen and oxygen atoms in total. The summed E-state index contributed by atoms with van der Waals surface area (Å²) in [6.45, 7) is 7.99. The molecular formula is C24H31N5O4. The number of fused-ring (bicyclic) bond motifs is 1. The number of aromatic nitrogens is 4. The Morgan fingerprint density at radius 2 is 2.09 bits per heavy atom. The van der Waals surface area contributed by atoms with Crippen LogP contribution in [0, 0.1) is 5.41 Å². The molecule has 33 heavy (non-hydrogen) atoms. The number of nitrogens with one attached hydrogen (secondary N) is 1. The minimum absolute atomic E-state index is 0.0323. The number of rotatable bonds is 6. The van der Waals surface area contributed by atoms with Crippen molar-refractivity contribution in [3.8, 4) is 5.75 Å². The van der Waals surface area contributed by atoms with Crippen molar-refractivity contribution in [1.29, 1.82) is 0 Å². The van der Waals surface area contributed by atoms with E-state index in [2.05, 4.69) is 29.1 Å². The van der Waals surface area contributed by atoms with E-state index in [1.807, 2.05) is 35.4 Å². The van der Waals surface area contributed by atoms with Crippen LogP contribution in [0.1, 0.15) is 62.8 Å². The van der Waals surface area contributed by atoms with Gasteiger partial charge in [-0.05, 0) is 58.7 Å². The van der Waals surface area contributed by atoms with Crippen molar-refractivity contribution in [1.82, 2.24) is 24.9 Å². The number of carbonyl (C=O) groups excluding carboxylic acids is 1. The zero-order chi connectivity index (χ0) is 24.0. The summed E-state index contributed by atoms with van der Waals surface area (Å²) < 4.78 is 7.21. The van der Waals surface area contributed by atoms with E-state index in [9.17, 15) is 14.7 Å². The van der Waals surface area contributed by atoms with Crippen LogP contribution in [-0.2, 0) is 11.2 Å². The lowest BCUT2D eigenvalue weighted by molar-refractivity contribution is -0.146. The number of ether oxygens (including phenoxy) is 1. The molecule has 1 fully saturated rings. The highest BCUT2D eigenvalue weighted by atomic mass is 16.5. The van der Waals surface area contributed by atoms with Crippen LogP contribution in [0.15, 0.2) is 30.5 Å². The molecule has 0 bridgehead atoms. The quantitative estimate of drug-likeness (QED) is 0.589. The summed E-state index contributed by atoms with van der Waals surface area (Å²) in [5.41, 5.74) is 0.766. The summed E-state index contributed by atoms with van der Waals surface area (Å²) >= 11 is 0. The van der Waals surface area contributed by atoms with Gasteiger partial charge >= 0.3 is 5.97 Å². The molecule has 0 spiro atoms. The molecule has 0 saturated carbocycles. The smallest absolute Gasteiger partial charge is 0.309 e. The van der Waals surface area contributed by atoms with Gasteiger partial charge in [0.25, 0.3) is 5.91 Å². The fraction of sp³-hybridized carbons (Fsp3) is 0.500. The lowest BCUT2D eigenvalue weighted by Gasteiger charge is -2.45. The van der Waals surface area contributed by atoms with Gasteiger partial charge in [-0.3, -0.25) is 9.59 Å². The number of H-pyrrole nitrogens is 1. The third kappa shape index (κ3) is 4.31. The van der Waals surface area contributed by atoms with E-state index in [-0.39, 0.29) is 17.5 Å². The predicted octanol–water partition coefficient (Wildman–Crippen LogP) is 3.68. The average Bonchev–Trinajstić information content (AvgIpc) is 3.39. The number of benzene rings is 1. The van der Waals surface area contributed by atoms with E-state index in [0.717, 1.165) is 29.5 Å². The number of carbonyl (C=O) groups is 2. The van der Waals surface area contributed by atoms with E-state index >= 15 is 0 Å². The van der Waals surface area contributed by atoms with Crippen LogP contribution >= 0.6 is 0 Å². The Bertz CT molecular complexity index is 1190. The molecule has 1 aliphatic rings. The molecule has 2 N–H and O–H groups in total. The Labute approximate surface area is 192 Å². The molecule has 4 rings (SSSR count). The van der Waals surface area contributed by atoms with Gasteiger partial charge in [-0.15, -0.1) is 5.10 Å². The number of nitrogens with zero attached hydrogens (tertiary/aromatic N) is 4. The van der Waals surface area contributed by atoms with E-state index in [4.69, 9.17) is 4.74 Å². The minimum atomic E-state index is -0.923. The van der Waals surface area contributed by atoms with Crippen molar-refractivity contribution in [3.63, 3.8) is 0 Å². The van der Waals surface area contributed by atoms with Gasteiger partial charge in [0, 0.05) is 35.6 Å². The number of hydrogen-bond donors (Lipinski definition) is 2. The van der Waals surface area contributed by atoms with E-state index in [1.54, 1.807) is 25.6 Å². The first-order chi connectivity index (χ1) is 15.5. The van der Waals surface area contributed by atoms with E-state index in [0.29, 0.717) is 24.4 Å². The highest BCUT2D eigenvalue weighted by Crippen LogP contribution is 2.35. The molecule has 1 saturated heterocycles. The van der Waals surface area contributed by atoms with Gasteiger partial charge in [-0.2, -0.15) is 0 Å². The number of likely N-dealkylation sites (tertiary alicyclic amines) is 1. The fourth-order valence-corrected chi connectivity index (χ4v) is 4.44. The third-order valence-corrected chi connectivity index (χ3v) is 6.67. The Morgan fingerprint density at radius 1 is 1.33 bits per heavy atom. The van der Waals surface area contributed by atoms with Crippen molar-refractivity contribution in [2.45, 2.75) is 58.5 Å². The van der Waals surface area contributed by atoms with Crippen LogP contribution in [0.25, 0.3) is 10.9 Å². The van der Waals surface area contributed by atoms with Crippen molar-refractivity contribution in [2.24, 2.45) is 5.41 Å². The second kappa shape index (κ2) is 8.20. The number of carboxylic acid groups (broad SMARTS) is 1. The maximum Gasteiger partial charge on any atom is 0.309 e. The lowest BCUT2D eigenvalue weighted by Crippen LogP contribution is -2.53. The number of aromatic amines is 1. The second-order valence-electron chi connectivity index (χ2n) is 10.1. The van der Waals surface area contributed by atoms with Gasteiger partial charge in [-0.1, -0.05) is 11.3 Å². The van der Waals surface area contributed by atoms with Crippen molar-refractivity contribution >= 4 is 22.8 Å². The first-order valence-corrected chi connectivity index (χ1v) is 11.1. The SMILES string of the molecule is COc1cccc2[nH]c(C(=O)N3CC(n4cc(CC(C)(C)C(=O)O)nn4)CCC3(C)C)cc12. The summed E-state index contributed by atoms with van der Waals surface area (Å²) in [6.07, 6.45) is 3.76. The number of piperidine rings is 1. The summed E-state index contributed by atoms with van der Waals surface area (Å²) in [5.74, 6) is -0.225. The topological polar surface area (TPSA) is 113 Å². The molecule has 9 heteroatoms. The number of carboxylic acids is 1. The Balaban J connectivity index is 1.57. The summed E-state index contributed by atoms with van der Waals surface area (Å²) in [4.78, 5) is 30.2. The molecule has 1 atom stereocenters. The van der Waals surface area contributed by atoms with Gasteiger partial charge in [0.15, 0.2) is 0 Å². The Morgan fingerprint density at radius 3 is 2.79 bits per heavy atom. The zero-order valence-corrected chi connectivity index (χ0v) is 19.8. The summed E-state index contributed by atoms with van der Waals surface area (Å²) in [5, 5.41) is 18.7. The predicted molar refractivity (Wildman–Crippen MR) is 123 cm³/mol. The highest BCUT2D eigenvalue weighted by Gasteiger charge is 2.39. The molecule has 1 unspecified atom stereocenters. The molecule has 3 aromatic rings. The van der Waals surface area contributed by atoms with Crippen molar-refractivity contribution in [3.05, 3.63) is 41.9 Å². The molecule has 176 valence electrons. The standard InChI is InChI=1S/C24H31N5O4/c1-23(2,22(31)32)12-15-13-29(27-26-15)16-9-10-24(3,4)28(14-16)21(30)19-11-17-18(25-19)7-6-8-20(17)33-5/h6-8,11,13,16,25H,9-10,12,14H2,1-5H3,(H,31,32). The molecule has 1 aliphatic heterocycles. The monoisotopic (exact) mass is 453 g/mol. The van der Waals surface area contributed by atoms with Crippen LogP contribution in [0.4, 0.5) is 0 Å². The third-order valence-electron chi connectivity index (χ3n) is 6.67. The minimum Gasteiger partial charge on any atom is -0.496 e. The number of aliphatic carboxylic acids is 1. The van der Waals surface area contributed by atoms with Gasteiger partial charge in [0.05, 0.1) is 24.3 Å². The molecule has 1 amide bonds. The van der Waals surface area contributed by atoms with Gasteiger partial charge in [-0.25, -0.2) is 4.68 Å². The molecule has 0 radical (unpaired) electrons. The number of methoxy groups -OCH3 is 1. The Kier molecular flexibility index (Phi) is 5.67. The summed E-state index contributed by atoms with van der Waals surface area (Å²) in [7, 11) is 1.62. The zero-order valence-electron chi connectivity index (χ0n) is 19.8. The maximum absolute atomic E-state index is 13.6. The lowest BCUT2D eigenvalue weighted by atomic mass is 9.87. The molecular weight excluding hydrogens is 422 g/mol. The van der Waals surface area contributed by atoms with E-state index < -0.39 is 11.4 Å². The molecule has 0 aliphatic carbocycles. The van der Waals surface area contributed by atoms with Crippen LogP contribution in [-0.4, -0.2) is 61.1 Å². The first kappa shape index (κ1) is 22.8. The highest BCUT2D eigenvalue weighted by molar-refractivity contribution is 6.00. The largest absolute Gasteiger partial charge is 0.496 e. The first-order valence-electron chi connectivity index (χ1n) is 11.1. The number of amides is 1. The molecule has 1 aromatic carbocycles. The van der Waals surface area contributed by atoms with Crippen LogP contribution in [0.2, 0.25) is 0 Å². The summed E-state index contributed by atoms with van der Waals surface area (Å²) in [6, 6.07) is 7.50. The molecule has 2 aromatic heterocycles. The van der Waals surface area contributed by atoms with Crippen molar-refractivity contribution < 1.29 is 19.4 Å². The van der Waals surface area contributed by atoms with Crippen LogP contribution in [0.5, 0.6) is 5.75 Å². The van der Waals surface area contributed by atoms with Gasteiger partial charge in [0.2, 0.25) is 0 Å². The van der Waals surface area contributed by atoms with E-state index in [1.165, 1.54) is 0 Å². The average molecular weight is 454 g/mol. The Hall–Kier alpha value is -3.36. The van der Waals surface area contributed by atoms with Gasteiger partial charge < -0.3 is 19.7 Å².